The molecule has 0 saturated carbocycles. The Morgan fingerprint density at radius 2 is 1.83 bits per heavy atom. The number of hydrogen-bond donors (Lipinski definition) is 1. The molecule has 0 radical (unpaired) electrons. The summed E-state index contributed by atoms with van der Waals surface area (Å²) in [6.07, 6.45) is 1.19. The van der Waals surface area contributed by atoms with E-state index in [9.17, 15) is 0 Å². The Morgan fingerprint density at radius 1 is 1.22 bits per heavy atom. The van der Waals surface area contributed by atoms with E-state index in [-0.39, 0.29) is 5.41 Å². The lowest BCUT2D eigenvalue weighted by atomic mass is 9.84. The fourth-order valence-corrected chi connectivity index (χ4v) is 2.22. The van der Waals surface area contributed by atoms with Crippen LogP contribution in [0.5, 0.6) is 0 Å². The molecule has 2 unspecified atom stereocenters. The molecule has 0 aromatic rings. The fraction of sp³-hybridized carbons (Fsp3) is 1.00. The standard InChI is InChI=1S/C15H34N2O/c1-8-10-16-14(4)15(5,6)12-17(9-2)13(3)11-18-7/h13-14,16H,8-12H2,1-7H3. The minimum atomic E-state index is 0.271. The molecule has 0 aliphatic carbocycles. The predicted octanol–water partition coefficient (Wildman–Crippen LogP) is 2.76. The van der Waals surface area contributed by atoms with Crippen LogP contribution in [0.15, 0.2) is 0 Å². The van der Waals surface area contributed by atoms with Crippen molar-refractivity contribution in [1.82, 2.24) is 10.2 Å². The molecule has 0 aromatic heterocycles. The van der Waals surface area contributed by atoms with Gasteiger partial charge in [-0.25, -0.2) is 0 Å². The zero-order valence-electron chi connectivity index (χ0n) is 13.5. The molecule has 0 saturated heterocycles. The SMILES string of the molecule is CCCNC(C)C(C)(C)CN(CC)C(C)COC. The molecular weight excluding hydrogens is 224 g/mol. The molecule has 0 aliphatic heterocycles. The largest absolute Gasteiger partial charge is 0.383 e. The topological polar surface area (TPSA) is 24.5 Å². The van der Waals surface area contributed by atoms with E-state index in [1.165, 1.54) is 6.42 Å². The first kappa shape index (κ1) is 17.9. The number of methoxy groups -OCH3 is 1. The average molecular weight is 258 g/mol. The van der Waals surface area contributed by atoms with Crippen LogP contribution >= 0.6 is 0 Å². The van der Waals surface area contributed by atoms with Crippen LogP contribution in [0, 0.1) is 5.41 Å². The van der Waals surface area contributed by atoms with Crippen molar-refractivity contribution in [2.24, 2.45) is 5.41 Å². The molecule has 0 aliphatic rings. The molecule has 0 rings (SSSR count). The fourth-order valence-electron chi connectivity index (χ4n) is 2.22. The highest BCUT2D eigenvalue weighted by Gasteiger charge is 2.29. The van der Waals surface area contributed by atoms with Gasteiger partial charge in [-0.3, -0.25) is 4.90 Å². The molecule has 3 heteroatoms. The quantitative estimate of drug-likeness (QED) is 0.652. The van der Waals surface area contributed by atoms with Gasteiger partial charge in [-0.05, 0) is 38.8 Å². The Labute approximate surface area is 114 Å². The third kappa shape index (κ3) is 6.17. The van der Waals surface area contributed by atoms with Crippen molar-refractivity contribution in [3.63, 3.8) is 0 Å². The maximum Gasteiger partial charge on any atom is 0.0615 e. The van der Waals surface area contributed by atoms with Crippen molar-refractivity contribution < 1.29 is 4.74 Å². The first-order valence-electron chi connectivity index (χ1n) is 7.35. The molecule has 0 spiro atoms. The van der Waals surface area contributed by atoms with Gasteiger partial charge in [0.05, 0.1) is 6.61 Å². The van der Waals surface area contributed by atoms with E-state index in [1.807, 2.05) is 0 Å². The van der Waals surface area contributed by atoms with Gasteiger partial charge < -0.3 is 10.1 Å². The van der Waals surface area contributed by atoms with Crippen molar-refractivity contribution in [2.45, 2.75) is 60.0 Å². The van der Waals surface area contributed by atoms with Gasteiger partial charge >= 0.3 is 0 Å². The summed E-state index contributed by atoms with van der Waals surface area (Å²) in [5.41, 5.74) is 0.271. The van der Waals surface area contributed by atoms with E-state index in [1.54, 1.807) is 7.11 Å². The first-order chi connectivity index (χ1) is 8.38. The highest BCUT2D eigenvalue weighted by atomic mass is 16.5. The smallest absolute Gasteiger partial charge is 0.0615 e. The molecular formula is C15H34N2O. The summed E-state index contributed by atoms with van der Waals surface area (Å²) >= 11 is 0. The van der Waals surface area contributed by atoms with Gasteiger partial charge in [0.15, 0.2) is 0 Å². The van der Waals surface area contributed by atoms with Crippen molar-refractivity contribution in [2.75, 3.05) is 33.4 Å². The van der Waals surface area contributed by atoms with Crippen LogP contribution < -0.4 is 5.32 Å². The monoisotopic (exact) mass is 258 g/mol. The van der Waals surface area contributed by atoms with E-state index < -0.39 is 0 Å². The Balaban J connectivity index is 4.40. The van der Waals surface area contributed by atoms with Crippen LogP contribution in [0.1, 0.15) is 48.0 Å². The van der Waals surface area contributed by atoms with Gasteiger partial charge in [-0.15, -0.1) is 0 Å². The van der Waals surface area contributed by atoms with Crippen LogP contribution in [-0.4, -0.2) is 50.3 Å². The van der Waals surface area contributed by atoms with E-state index in [4.69, 9.17) is 4.74 Å². The Hall–Kier alpha value is -0.120. The van der Waals surface area contributed by atoms with Gasteiger partial charge in [0.2, 0.25) is 0 Å². The summed E-state index contributed by atoms with van der Waals surface area (Å²) in [6.45, 7) is 17.8. The normalized spacial score (nSPS) is 16.0. The lowest BCUT2D eigenvalue weighted by Crippen LogP contribution is -2.49. The average Bonchev–Trinajstić information content (AvgIpc) is 2.33. The summed E-state index contributed by atoms with van der Waals surface area (Å²) in [5, 5.41) is 3.62. The molecule has 0 bridgehead atoms. The molecule has 3 nitrogen and oxygen atoms in total. The number of ether oxygens (including phenoxy) is 1. The highest BCUT2D eigenvalue weighted by molar-refractivity contribution is 4.85. The number of rotatable bonds is 10. The molecule has 2 atom stereocenters. The molecule has 0 amide bonds. The van der Waals surface area contributed by atoms with Crippen LogP contribution in [0.2, 0.25) is 0 Å². The third-order valence-electron chi connectivity index (χ3n) is 3.92. The summed E-state index contributed by atoms with van der Waals surface area (Å²) in [5.74, 6) is 0. The number of nitrogens with one attached hydrogen (secondary N) is 1. The van der Waals surface area contributed by atoms with Crippen LogP contribution in [0.25, 0.3) is 0 Å². The highest BCUT2D eigenvalue weighted by Crippen LogP contribution is 2.23. The summed E-state index contributed by atoms with van der Waals surface area (Å²) in [7, 11) is 1.78. The lowest BCUT2D eigenvalue weighted by molar-refractivity contribution is 0.0653. The van der Waals surface area contributed by atoms with E-state index in [0.29, 0.717) is 12.1 Å². The second-order valence-electron chi connectivity index (χ2n) is 6.03. The van der Waals surface area contributed by atoms with Gasteiger partial charge in [0.25, 0.3) is 0 Å². The molecule has 0 aromatic carbocycles. The molecule has 0 heterocycles. The third-order valence-corrected chi connectivity index (χ3v) is 3.92. The van der Waals surface area contributed by atoms with Gasteiger partial charge in [-0.2, -0.15) is 0 Å². The zero-order chi connectivity index (χ0) is 14.2. The first-order valence-corrected chi connectivity index (χ1v) is 7.35. The van der Waals surface area contributed by atoms with Crippen molar-refractivity contribution in [3.8, 4) is 0 Å². The maximum atomic E-state index is 5.27. The van der Waals surface area contributed by atoms with E-state index in [0.717, 1.165) is 26.2 Å². The molecule has 0 fully saturated rings. The second-order valence-corrected chi connectivity index (χ2v) is 6.03. The van der Waals surface area contributed by atoms with Crippen molar-refractivity contribution in [1.29, 1.82) is 0 Å². The van der Waals surface area contributed by atoms with Crippen molar-refractivity contribution in [3.05, 3.63) is 0 Å². The van der Waals surface area contributed by atoms with Gasteiger partial charge in [0.1, 0.15) is 0 Å². The number of likely N-dealkylation sites (N-methyl/N-ethyl adjacent to an activating group) is 1. The predicted molar refractivity (Wildman–Crippen MR) is 80.1 cm³/mol. The Kier molecular flexibility index (Phi) is 8.83. The van der Waals surface area contributed by atoms with Crippen LogP contribution in [0.4, 0.5) is 0 Å². The van der Waals surface area contributed by atoms with Crippen LogP contribution in [0.3, 0.4) is 0 Å². The molecule has 1 N–H and O–H groups in total. The summed E-state index contributed by atoms with van der Waals surface area (Å²) in [4.78, 5) is 2.51. The number of nitrogens with zero attached hydrogens (tertiary/aromatic N) is 1. The van der Waals surface area contributed by atoms with Gasteiger partial charge in [0, 0.05) is 25.7 Å². The Morgan fingerprint density at radius 3 is 2.28 bits per heavy atom. The van der Waals surface area contributed by atoms with E-state index in [2.05, 4.69) is 51.8 Å². The molecule has 18 heavy (non-hydrogen) atoms. The van der Waals surface area contributed by atoms with Crippen LogP contribution in [-0.2, 0) is 4.74 Å². The molecule has 110 valence electrons. The summed E-state index contributed by atoms with van der Waals surface area (Å²) in [6, 6.07) is 1.01. The lowest BCUT2D eigenvalue weighted by Gasteiger charge is -2.39. The zero-order valence-corrected chi connectivity index (χ0v) is 13.5. The second kappa shape index (κ2) is 8.89. The maximum absolute atomic E-state index is 5.27. The van der Waals surface area contributed by atoms with Crippen molar-refractivity contribution >= 4 is 0 Å². The summed E-state index contributed by atoms with van der Waals surface area (Å²) < 4.78 is 5.27. The number of hydrogen-bond acceptors (Lipinski definition) is 3. The Bertz CT molecular complexity index is 207. The van der Waals surface area contributed by atoms with E-state index >= 15 is 0 Å². The minimum absolute atomic E-state index is 0.271. The van der Waals surface area contributed by atoms with Gasteiger partial charge in [-0.1, -0.05) is 27.7 Å². The minimum Gasteiger partial charge on any atom is -0.383 e.